The Bertz CT molecular complexity index is 714. The molecular formula is C15H15ClF3N3O3. The van der Waals surface area contributed by atoms with Crippen molar-refractivity contribution in [2.75, 3.05) is 31.1 Å². The summed E-state index contributed by atoms with van der Waals surface area (Å²) >= 11 is 5.93. The van der Waals surface area contributed by atoms with Crippen LogP contribution in [0, 0.1) is 5.41 Å². The molecule has 2 fully saturated rings. The van der Waals surface area contributed by atoms with Crippen LogP contribution in [-0.4, -0.2) is 53.0 Å². The maximum absolute atomic E-state index is 12.7. The zero-order valence-electron chi connectivity index (χ0n) is 13.0. The van der Waals surface area contributed by atoms with E-state index >= 15 is 0 Å². The lowest BCUT2D eigenvalue weighted by molar-refractivity contribution is -0.153. The zero-order chi connectivity index (χ0) is 18.4. The van der Waals surface area contributed by atoms with Gasteiger partial charge in [0.1, 0.15) is 11.2 Å². The van der Waals surface area contributed by atoms with Crippen LogP contribution >= 0.6 is 11.6 Å². The molecule has 0 radical (unpaired) electrons. The van der Waals surface area contributed by atoms with E-state index in [2.05, 4.69) is 4.98 Å². The van der Waals surface area contributed by atoms with E-state index in [1.165, 1.54) is 4.90 Å². The minimum Gasteiger partial charge on any atom is -0.480 e. The van der Waals surface area contributed by atoms with Crippen LogP contribution in [-0.2, 0) is 15.8 Å². The van der Waals surface area contributed by atoms with Crippen LogP contribution in [0.25, 0.3) is 0 Å². The van der Waals surface area contributed by atoms with E-state index in [0.29, 0.717) is 25.9 Å². The van der Waals surface area contributed by atoms with E-state index in [9.17, 15) is 27.9 Å². The Balaban J connectivity index is 1.67. The number of aliphatic carboxylic acids is 1. The first kappa shape index (κ1) is 17.8. The predicted molar refractivity (Wildman–Crippen MR) is 82.3 cm³/mol. The summed E-state index contributed by atoms with van der Waals surface area (Å²) in [5.74, 6) is -1.28. The van der Waals surface area contributed by atoms with Crippen LogP contribution < -0.4 is 4.90 Å². The Hall–Kier alpha value is -2.03. The number of carboxylic acid groups (broad SMARTS) is 1. The zero-order valence-corrected chi connectivity index (χ0v) is 13.8. The highest BCUT2D eigenvalue weighted by atomic mass is 35.5. The summed E-state index contributed by atoms with van der Waals surface area (Å²) < 4.78 is 38.0. The molecule has 0 aromatic carbocycles. The molecule has 1 saturated heterocycles. The van der Waals surface area contributed by atoms with Crippen molar-refractivity contribution in [3.05, 3.63) is 22.8 Å². The van der Waals surface area contributed by atoms with Gasteiger partial charge < -0.3 is 14.9 Å². The molecular weight excluding hydrogens is 363 g/mol. The first-order valence-electron chi connectivity index (χ1n) is 7.65. The number of aromatic nitrogens is 1. The molecule has 1 saturated carbocycles. The van der Waals surface area contributed by atoms with Gasteiger partial charge in [-0.1, -0.05) is 11.6 Å². The molecule has 3 rings (SSSR count). The first-order valence-corrected chi connectivity index (χ1v) is 8.03. The van der Waals surface area contributed by atoms with Gasteiger partial charge in [0.05, 0.1) is 10.6 Å². The Morgan fingerprint density at radius 3 is 2.24 bits per heavy atom. The highest BCUT2D eigenvalue weighted by Gasteiger charge is 2.58. The molecule has 1 amide bonds. The van der Waals surface area contributed by atoms with Crippen LogP contribution in [0.5, 0.6) is 0 Å². The quantitative estimate of drug-likeness (QED) is 0.818. The SMILES string of the molecule is O=C(O)C1(C(=O)N2CCN(c3ncc(C(F)(F)F)cc3Cl)CC2)CC1. The Labute approximate surface area is 146 Å². The number of carbonyl (C=O) groups is 2. The van der Waals surface area contributed by atoms with Crippen LogP contribution in [0.15, 0.2) is 12.3 Å². The average molecular weight is 378 g/mol. The molecule has 0 atom stereocenters. The Kier molecular flexibility index (Phi) is 4.30. The Morgan fingerprint density at radius 1 is 1.20 bits per heavy atom. The van der Waals surface area contributed by atoms with Crippen LogP contribution in [0.2, 0.25) is 5.02 Å². The molecule has 1 aromatic heterocycles. The number of amides is 1. The van der Waals surface area contributed by atoms with E-state index in [1.807, 2.05) is 0 Å². The molecule has 1 aliphatic heterocycles. The summed E-state index contributed by atoms with van der Waals surface area (Å²) in [6, 6.07) is 0.824. The van der Waals surface area contributed by atoms with Gasteiger partial charge in [0, 0.05) is 32.4 Å². The average Bonchev–Trinajstić information content (AvgIpc) is 3.35. The molecule has 0 unspecified atom stereocenters. The van der Waals surface area contributed by atoms with Gasteiger partial charge in [0.15, 0.2) is 0 Å². The third-order valence-electron chi connectivity index (χ3n) is 4.58. The summed E-state index contributed by atoms with van der Waals surface area (Å²) in [6.45, 7) is 1.18. The van der Waals surface area contributed by atoms with Crippen molar-refractivity contribution in [2.45, 2.75) is 19.0 Å². The Morgan fingerprint density at radius 2 is 1.80 bits per heavy atom. The molecule has 1 aromatic rings. The van der Waals surface area contributed by atoms with Gasteiger partial charge in [0.25, 0.3) is 0 Å². The van der Waals surface area contributed by atoms with E-state index in [-0.39, 0.29) is 23.9 Å². The summed E-state index contributed by atoms with van der Waals surface area (Å²) in [6.07, 6.45) is -3.11. The van der Waals surface area contributed by atoms with Crippen molar-refractivity contribution < 1.29 is 27.9 Å². The number of hydrogen-bond donors (Lipinski definition) is 1. The summed E-state index contributed by atoms with van der Waals surface area (Å²) in [5.41, 5.74) is -2.21. The monoisotopic (exact) mass is 377 g/mol. The van der Waals surface area contributed by atoms with Crippen molar-refractivity contribution >= 4 is 29.3 Å². The molecule has 0 spiro atoms. The molecule has 1 aliphatic carbocycles. The maximum Gasteiger partial charge on any atom is 0.417 e. The standard InChI is InChI=1S/C15H15ClF3N3O3/c16-10-7-9(15(17,18)19)8-20-11(10)21-3-5-22(6-4-21)12(23)14(1-2-14)13(24)25/h7-8H,1-6H2,(H,24,25). The fourth-order valence-corrected chi connectivity index (χ4v) is 3.17. The molecule has 25 heavy (non-hydrogen) atoms. The molecule has 136 valence electrons. The largest absolute Gasteiger partial charge is 0.480 e. The van der Waals surface area contributed by atoms with Gasteiger partial charge >= 0.3 is 12.1 Å². The van der Waals surface area contributed by atoms with Gasteiger partial charge in [-0.3, -0.25) is 9.59 Å². The lowest BCUT2D eigenvalue weighted by atomic mass is 10.1. The molecule has 0 bridgehead atoms. The lowest BCUT2D eigenvalue weighted by Gasteiger charge is -2.36. The number of pyridine rings is 1. The van der Waals surface area contributed by atoms with E-state index in [4.69, 9.17) is 11.6 Å². The second kappa shape index (κ2) is 6.05. The molecule has 6 nitrogen and oxygen atoms in total. The second-order valence-corrected chi connectivity index (χ2v) is 6.60. The van der Waals surface area contributed by atoms with Gasteiger partial charge in [0.2, 0.25) is 5.91 Å². The van der Waals surface area contributed by atoms with Crippen LogP contribution in [0.3, 0.4) is 0 Å². The van der Waals surface area contributed by atoms with E-state index in [1.54, 1.807) is 4.90 Å². The van der Waals surface area contributed by atoms with Gasteiger partial charge in [-0.2, -0.15) is 13.2 Å². The van der Waals surface area contributed by atoms with Crippen molar-refractivity contribution in [3.63, 3.8) is 0 Å². The number of hydrogen-bond acceptors (Lipinski definition) is 4. The smallest absolute Gasteiger partial charge is 0.417 e. The number of anilines is 1. The summed E-state index contributed by atoms with van der Waals surface area (Å²) in [4.78, 5) is 30.6. The molecule has 2 heterocycles. The van der Waals surface area contributed by atoms with Crippen LogP contribution in [0.4, 0.5) is 19.0 Å². The van der Waals surface area contributed by atoms with Crippen LogP contribution in [0.1, 0.15) is 18.4 Å². The predicted octanol–water partition coefficient (Wildman–Crippen LogP) is 2.27. The number of carbonyl (C=O) groups excluding carboxylic acids is 1. The van der Waals surface area contributed by atoms with Gasteiger partial charge in [-0.15, -0.1) is 0 Å². The fraction of sp³-hybridized carbons (Fsp3) is 0.533. The highest BCUT2D eigenvalue weighted by molar-refractivity contribution is 6.33. The highest BCUT2D eigenvalue weighted by Crippen LogP contribution is 2.47. The second-order valence-electron chi connectivity index (χ2n) is 6.19. The number of piperazine rings is 1. The minimum absolute atomic E-state index is 0.112. The van der Waals surface area contributed by atoms with E-state index in [0.717, 1.165) is 12.3 Å². The third kappa shape index (κ3) is 3.24. The number of nitrogens with zero attached hydrogens (tertiary/aromatic N) is 3. The third-order valence-corrected chi connectivity index (χ3v) is 4.86. The summed E-state index contributed by atoms with van der Waals surface area (Å²) in [7, 11) is 0. The topological polar surface area (TPSA) is 73.7 Å². The lowest BCUT2D eigenvalue weighted by Crippen LogP contribution is -2.52. The number of alkyl halides is 3. The molecule has 1 N–H and O–H groups in total. The van der Waals surface area contributed by atoms with Crippen molar-refractivity contribution in [3.8, 4) is 0 Å². The number of carboxylic acids is 1. The van der Waals surface area contributed by atoms with E-state index < -0.39 is 29.0 Å². The fourth-order valence-electron chi connectivity index (χ4n) is 2.89. The summed E-state index contributed by atoms with van der Waals surface area (Å²) in [5, 5.41) is 9.07. The number of halogens is 4. The molecule has 10 heteroatoms. The first-order chi connectivity index (χ1) is 11.6. The normalized spacial score (nSPS) is 19.7. The number of rotatable bonds is 3. The van der Waals surface area contributed by atoms with Crippen molar-refractivity contribution in [1.29, 1.82) is 0 Å². The molecule has 2 aliphatic rings. The van der Waals surface area contributed by atoms with Gasteiger partial charge in [-0.25, -0.2) is 4.98 Å². The minimum atomic E-state index is -4.52. The van der Waals surface area contributed by atoms with Crippen molar-refractivity contribution in [1.82, 2.24) is 9.88 Å². The van der Waals surface area contributed by atoms with Crippen molar-refractivity contribution in [2.24, 2.45) is 5.41 Å². The van der Waals surface area contributed by atoms with Gasteiger partial charge in [-0.05, 0) is 18.9 Å². The maximum atomic E-state index is 12.7.